The van der Waals surface area contributed by atoms with Crippen LogP contribution < -0.4 is 27.0 Å². The number of rotatable bonds is 23. The third kappa shape index (κ3) is 15.8. The van der Waals surface area contributed by atoms with Crippen molar-refractivity contribution >= 4 is 59.2 Å². The predicted octanol–water partition coefficient (Wildman–Crippen LogP) is 1.07. The zero-order valence-electron chi connectivity index (χ0n) is 32.5. The van der Waals surface area contributed by atoms with Crippen LogP contribution in [0.25, 0.3) is 0 Å². The lowest BCUT2D eigenvalue weighted by atomic mass is 10.0. The highest BCUT2D eigenvalue weighted by atomic mass is 16.6. The molecule has 1 aromatic rings. The van der Waals surface area contributed by atoms with Crippen molar-refractivity contribution in [3.8, 4) is 0 Å². The fourth-order valence-corrected chi connectivity index (χ4v) is 5.29. The summed E-state index contributed by atoms with van der Waals surface area (Å²) in [6.45, 7) is 5.16. The zero-order valence-corrected chi connectivity index (χ0v) is 32.5. The summed E-state index contributed by atoms with van der Waals surface area (Å²) in [6, 6.07) is 2.61. The summed E-state index contributed by atoms with van der Waals surface area (Å²) in [5, 5.41) is 19.7. The van der Waals surface area contributed by atoms with Crippen molar-refractivity contribution < 1.29 is 53.0 Å². The van der Waals surface area contributed by atoms with Gasteiger partial charge in [0.2, 0.25) is 23.6 Å². The van der Waals surface area contributed by atoms with Gasteiger partial charge >= 0.3 is 18.1 Å². The first-order valence-electron chi connectivity index (χ1n) is 18.3. The van der Waals surface area contributed by atoms with Crippen molar-refractivity contribution in [1.29, 1.82) is 0 Å². The minimum absolute atomic E-state index is 0.00695. The van der Waals surface area contributed by atoms with Crippen LogP contribution in [0.5, 0.6) is 0 Å². The highest BCUT2D eigenvalue weighted by Crippen LogP contribution is 2.14. The molecule has 308 valence electrons. The lowest BCUT2D eigenvalue weighted by Gasteiger charge is -2.25. The van der Waals surface area contributed by atoms with Gasteiger partial charge in [-0.05, 0) is 56.2 Å². The molecule has 0 aromatic heterocycles. The number of likely N-dealkylation sites (N-methyl/N-ethyl adjacent to an activating group) is 1. The van der Waals surface area contributed by atoms with Gasteiger partial charge in [0.25, 0.3) is 11.8 Å². The van der Waals surface area contributed by atoms with Crippen LogP contribution in [0.15, 0.2) is 36.4 Å². The molecule has 7 N–H and O–H groups in total. The predicted molar refractivity (Wildman–Crippen MR) is 202 cm³/mol. The first-order chi connectivity index (χ1) is 26.4. The van der Waals surface area contributed by atoms with E-state index < -0.39 is 53.9 Å². The number of carbonyl (C=O) groups is 9. The number of primary amides is 1. The number of imide groups is 1. The van der Waals surface area contributed by atoms with E-state index in [1.807, 2.05) is 0 Å². The largest absolute Gasteiger partial charge is 0.480 e. The number of nitrogens with one attached hydrogen (secondary N) is 4. The van der Waals surface area contributed by atoms with Gasteiger partial charge in [-0.25, -0.2) is 14.4 Å². The Morgan fingerprint density at radius 1 is 0.857 bits per heavy atom. The Morgan fingerprint density at radius 3 is 2.09 bits per heavy atom. The van der Waals surface area contributed by atoms with Gasteiger partial charge < -0.3 is 46.6 Å². The molecule has 3 atom stereocenters. The van der Waals surface area contributed by atoms with E-state index in [0.29, 0.717) is 30.5 Å². The van der Waals surface area contributed by atoms with Crippen LogP contribution >= 0.6 is 0 Å². The first-order valence-corrected chi connectivity index (χ1v) is 18.3. The summed E-state index contributed by atoms with van der Waals surface area (Å²) in [4.78, 5) is 113. The number of nitrogens with zero attached hydrogens (tertiary/aromatic N) is 3. The monoisotopic (exact) mass is 786 g/mol. The van der Waals surface area contributed by atoms with Crippen molar-refractivity contribution in [3.63, 3.8) is 0 Å². The van der Waals surface area contributed by atoms with E-state index in [1.54, 1.807) is 38.1 Å². The molecule has 56 heavy (non-hydrogen) atoms. The van der Waals surface area contributed by atoms with Crippen molar-refractivity contribution in [2.45, 2.75) is 90.4 Å². The number of ether oxygens (including phenoxy) is 1. The molecule has 1 aliphatic heterocycles. The quantitative estimate of drug-likeness (QED) is 0.0675. The maximum absolute atomic E-state index is 13.4. The number of nitrogens with two attached hydrogens (primary N) is 1. The molecule has 19 nitrogen and oxygen atoms in total. The molecule has 1 unspecified atom stereocenters. The summed E-state index contributed by atoms with van der Waals surface area (Å²) in [6.07, 6.45) is 3.72. The van der Waals surface area contributed by atoms with Crippen LogP contribution in [0, 0.1) is 5.92 Å². The molecule has 0 saturated carbocycles. The van der Waals surface area contributed by atoms with Crippen LogP contribution in [0.3, 0.4) is 0 Å². The van der Waals surface area contributed by atoms with Crippen molar-refractivity contribution in [1.82, 2.24) is 30.7 Å². The summed E-state index contributed by atoms with van der Waals surface area (Å²) < 4.78 is 5.31. The Kier molecular flexibility index (Phi) is 19.0. The first kappa shape index (κ1) is 46.1. The highest BCUT2D eigenvalue weighted by Gasteiger charge is 2.29. The summed E-state index contributed by atoms with van der Waals surface area (Å²) in [5.74, 6) is -4.16. The minimum Gasteiger partial charge on any atom is -0.480 e. The molecule has 2 rings (SSSR count). The van der Waals surface area contributed by atoms with E-state index in [-0.39, 0.29) is 75.6 Å². The van der Waals surface area contributed by atoms with Gasteiger partial charge in [0, 0.05) is 64.4 Å². The molecule has 0 bridgehead atoms. The van der Waals surface area contributed by atoms with E-state index in [4.69, 9.17) is 15.6 Å². The van der Waals surface area contributed by atoms with Gasteiger partial charge in [0.15, 0.2) is 0 Å². The lowest BCUT2D eigenvalue weighted by molar-refractivity contribution is -0.148. The maximum Gasteiger partial charge on any atom is 0.409 e. The number of hydrogen-bond acceptors (Lipinski definition) is 10. The molecule has 0 aliphatic carbocycles. The molecule has 0 spiro atoms. The number of carboxylic acid groups (broad SMARTS) is 1. The molecular weight excluding hydrogens is 732 g/mol. The topological polar surface area (TPSA) is 267 Å². The highest BCUT2D eigenvalue weighted by molar-refractivity contribution is 6.12. The minimum atomic E-state index is -1.15. The number of carbonyl (C=O) groups excluding carboxylic acids is 8. The second-order valence-electron chi connectivity index (χ2n) is 13.7. The fraction of sp³-hybridized carbons (Fsp3) is 0.541. The average Bonchev–Trinajstić information content (AvgIpc) is 3.47. The van der Waals surface area contributed by atoms with E-state index in [2.05, 4.69) is 21.3 Å². The number of anilines is 1. The summed E-state index contributed by atoms with van der Waals surface area (Å²) >= 11 is 0. The number of amides is 9. The van der Waals surface area contributed by atoms with Crippen LogP contribution in [0.2, 0.25) is 0 Å². The van der Waals surface area contributed by atoms with Gasteiger partial charge in [0.05, 0.1) is 0 Å². The molecule has 19 heteroatoms. The molecule has 1 heterocycles. The third-order valence-electron chi connectivity index (χ3n) is 8.94. The normalized spacial score (nSPS) is 13.7. The SMILES string of the molecule is CC(C)C(NC(=O)CCCCCN1C(=O)C=CC1=O)C(=O)N[C@H](CCCNC(N)=O)C(=O)Nc1ccc(COC(=O)N(C)CCC(=O)N(C)[C@@H](C)C(=O)O)cc1. The van der Waals surface area contributed by atoms with Gasteiger partial charge in [0.1, 0.15) is 24.7 Å². The number of urea groups is 1. The number of aliphatic carboxylic acids is 1. The van der Waals surface area contributed by atoms with Crippen LogP contribution in [0.4, 0.5) is 15.3 Å². The van der Waals surface area contributed by atoms with Crippen molar-refractivity contribution in [2.24, 2.45) is 11.7 Å². The zero-order chi connectivity index (χ0) is 41.9. The van der Waals surface area contributed by atoms with Crippen LogP contribution in [-0.4, -0.2) is 125 Å². The van der Waals surface area contributed by atoms with E-state index in [9.17, 15) is 43.2 Å². The Hall–Kier alpha value is -6.01. The van der Waals surface area contributed by atoms with Crippen molar-refractivity contribution in [2.75, 3.05) is 39.0 Å². The summed E-state index contributed by atoms with van der Waals surface area (Å²) in [5.41, 5.74) is 6.11. The fourth-order valence-electron chi connectivity index (χ4n) is 5.29. The molecule has 9 amide bonds. The van der Waals surface area contributed by atoms with E-state index in [1.165, 1.54) is 38.1 Å². The maximum atomic E-state index is 13.4. The number of unbranched alkanes of at least 4 members (excludes halogenated alkanes) is 2. The van der Waals surface area contributed by atoms with Crippen molar-refractivity contribution in [3.05, 3.63) is 42.0 Å². The molecule has 1 aliphatic rings. The molecule has 0 fully saturated rings. The number of hydrogen-bond donors (Lipinski definition) is 6. The standard InChI is InChI=1S/C37H54N8O11/c1-23(2)32(42-28(46)11-7-6-8-20-45-30(48)16-17-31(45)49)34(51)41-27(10-9-19-39-36(38)54)33(50)40-26-14-12-25(13-15-26)22-56-37(55)43(4)21-18-29(47)44(5)24(3)35(52)53/h12-17,23-24,27,32H,6-11,18-22H2,1-5H3,(H,40,50)(H,41,51)(H,42,46)(H,52,53)(H3,38,39,54)/t24-,27+,32?/m0/s1. The van der Waals surface area contributed by atoms with Gasteiger partial charge in [-0.15, -0.1) is 0 Å². The smallest absolute Gasteiger partial charge is 0.409 e. The molecule has 1 aromatic carbocycles. The average molecular weight is 787 g/mol. The molecule has 0 saturated heterocycles. The Balaban J connectivity index is 1.93. The number of benzene rings is 1. The van der Waals surface area contributed by atoms with Gasteiger partial charge in [-0.3, -0.25) is 33.7 Å². The molecular formula is C37H54N8O11. The van der Waals surface area contributed by atoms with E-state index in [0.717, 1.165) is 9.80 Å². The van der Waals surface area contributed by atoms with Gasteiger partial charge in [-0.1, -0.05) is 32.4 Å². The Morgan fingerprint density at radius 2 is 1.50 bits per heavy atom. The van der Waals surface area contributed by atoms with E-state index >= 15 is 0 Å². The summed E-state index contributed by atoms with van der Waals surface area (Å²) in [7, 11) is 2.81. The molecule has 0 radical (unpaired) electrons. The number of carboxylic acids is 1. The second kappa shape index (κ2) is 23.0. The lowest BCUT2D eigenvalue weighted by Crippen LogP contribution is -2.54. The Bertz CT molecular complexity index is 1600. The van der Waals surface area contributed by atoms with Gasteiger partial charge in [-0.2, -0.15) is 0 Å². The third-order valence-corrected chi connectivity index (χ3v) is 8.94. The second-order valence-corrected chi connectivity index (χ2v) is 13.7. The Labute approximate surface area is 325 Å². The van der Waals surface area contributed by atoms with Crippen LogP contribution in [-0.2, 0) is 44.9 Å². The van der Waals surface area contributed by atoms with Crippen LogP contribution in [0.1, 0.15) is 71.3 Å².